The molecule has 4 heteroatoms. The molecule has 0 radical (unpaired) electrons. The maximum atomic E-state index is 5.24. The molecule has 4 aromatic heterocycles. The minimum absolute atomic E-state index is 0.893. The fourth-order valence-corrected chi connectivity index (χ4v) is 6.74. The highest BCUT2D eigenvalue weighted by Crippen LogP contribution is 2.42. The molecule has 0 amide bonds. The Morgan fingerprint density at radius 3 is 2.14 bits per heavy atom. The number of benzene rings is 4. The summed E-state index contributed by atoms with van der Waals surface area (Å²) in [6.45, 7) is 0. The van der Waals surface area contributed by atoms with E-state index in [1.165, 1.54) is 44.0 Å². The molecule has 42 heavy (non-hydrogen) atoms. The van der Waals surface area contributed by atoms with E-state index < -0.39 is 0 Å². The van der Waals surface area contributed by atoms with E-state index in [9.17, 15) is 0 Å². The van der Waals surface area contributed by atoms with Crippen molar-refractivity contribution in [1.82, 2.24) is 19.1 Å². The van der Waals surface area contributed by atoms with Gasteiger partial charge in [0.2, 0.25) is 0 Å². The molecular weight excluding hydrogens is 512 g/mol. The predicted octanol–water partition coefficient (Wildman–Crippen LogP) is 9.30. The van der Waals surface area contributed by atoms with Crippen molar-refractivity contribution >= 4 is 49.8 Å². The van der Waals surface area contributed by atoms with Gasteiger partial charge in [0.25, 0.3) is 0 Å². The molecule has 0 atom stereocenters. The van der Waals surface area contributed by atoms with Crippen LogP contribution in [0.2, 0.25) is 0 Å². The van der Waals surface area contributed by atoms with E-state index in [0.717, 1.165) is 46.6 Å². The summed E-state index contributed by atoms with van der Waals surface area (Å²) in [6, 6.07) is 42.8. The molecule has 0 bridgehead atoms. The van der Waals surface area contributed by atoms with Crippen molar-refractivity contribution in [3.63, 3.8) is 0 Å². The number of para-hydroxylation sites is 2. The Kier molecular flexibility index (Phi) is 4.99. The molecule has 4 heterocycles. The Hall–Kier alpha value is -5.48. The zero-order valence-electron chi connectivity index (χ0n) is 22.9. The lowest BCUT2D eigenvalue weighted by molar-refractivity contribution is 0.874. The van der Waals surface area contributed by atoms with Gasteiger partial charge in [-0.1, -0.05) is 91.0 Å². The molecule has 0 N–H and O–H groups in total. The van der Waals surface area contributed by atoms with Crippen LogP contribution in [0.15, 0.2) is 127 Å². The second-order valence-corrected chi connectivity index (χ2v) is 11.0. The van der Waals surface area contributed by atoms with E-state index >= 15 is 0 Å². The number of pyridine rings is 2. The molecule has 0 saturated carbocycles. The van der Waals surface area contributed by atoms with Crippen molar-refractivity contribution in [3.05, 3.63) is 139 Å². The SMILES string of the molecule is C1=Cc2c(n(-c3ccc4nc(-c5ccccc5)ccc4n3)c3c2ccc2c4ccccc4n(-c4ccccc4)c23)CC1. The molecule has 8 aromatic rings. The number of rotatable bonds is 3. The van der Waals surface area contributed by atoms with Crippen molar-refractivity contribution < 1.29 is 0 Å². The van der Waals surface area contributed by atoms with Gasteiger partial charge in [0.1, 0.15) is 5.82 Å². The van der Waals surface area contributed by atoms with Gasteiger partial charge >= 0.3 is 0 Å². The number of hydrogen-bond donors (Lipinski definition) is 0. The second-order valence-electron chi connectivity index (χ2n) is 11.0. The minimum Gasteiger partial charge on any atom is -0.307 e. The van der Waals surface area contributed by atoms with E-state index in [4.69, 9.17) is 9.97 Å². The summed E-state index contributed by atoms with van der Waals surface area (Å²) in [5.74, 6) is 0.927. The third kappa shape index (κ3) is 3.36. The van der Waals surface area contributed by atoms with Crippen molar-refractivity contribution in [1.29, 1.82) is 0 Å². The first kappa shape index (κ1) is 23.2. The van der Waals surface area contributed by atoms with Crippen LogP contribution in [0.3, 0.4) is 0 Å². The molecular formula is C38H26N4. The van der Waals surface area contributed by atoms with Gasteiger partial charge in [-0.2, -0.15) is 0 Å². The molecule has 0 fully saturated rings. The molecule has 198 valence electrons. The predicted molar refractivity (Wildman–Crippen MR) is 174 cm³/mol. The molecule has 1 aliphatic carbocycles. The standard InChI is InChI=1S/C38H26N4/c1-3-11-25(12-4-1)31-21-22-33-32(39-31)23-24-36(40-33)42-35-18-10-8-16-28(35)30-20-19-29-27-15-7-9-17-34(27)41(37(29)38(30)42)26-13-5-2-6-14-26/h1-9,11-17,19-24H,10,18H2. The molecule has 0 aliphatic heterocycles. The molecule has 1 aliphatic rings. The average Bonchev–Trinajstić information content (AvgIpc) is 3.58. The lowest BCUT2D eigenvalue weighted by Crippen LogP contribution is -2.06. The lowest BCUT2D eigenvalue weighted by atomic mass is 10.0. The van der Waals surface area contributed by atoms with Gasteiger partial charge in [-0.25, -0.2) is 9.97 Å². The monoisotopic (exact) mass is 538 g/mol. The number of hydrogen-bond acceptors (Lipinski definition) is 2. The van der Waals surface area contributed by atoms with Crippen LogP contribution in [-0.2, 0) is 6.42 Å². The summed E-state index contributed by atoms with van der Waals surface area (Å²) in [6.07, 6.45) is 6.59. The van der Waals surface area contributed by atoms with Crippen LogP contribution >= 0.6 is 0 Å². The van der Waals surface area contributed by atoms with Gasteiger partial charge < -0.3 is 4.57 Å². The van der Waals surface area contributed by atoms with E-state index in [0.29, 0.717) is 0 Å². The Balaban J connectivity index is 1.37. The second kappa shape index (κ2) is 9.02. The number of aromatic nitrogens is 4. The number of fused-ring (bicyclic) bond motifs is 8. The maximum Gasteiger partial charge on any atom is 0.138 e. The van der Waals surface area contributed by atoms with Crippen LogP contribution in [-0.4, -0.2) is 19.1 Å². The molecule has 9 rings (SSSR count). The number of allylic oxidation sites excluding steroid dienone is 1. The van der Waals surface area contributed by atoms with Crippen LogP contribution in [0.25, 0.3) is 72.6 Å². The highest BCUT2D eigenvalue weighted by molar-refractivity contribution is 6.19. The van der Waals surface area contributed by atoms with E-state index in [1.807, 2.05) is 18.2 Å². The largest absolute Gasteiger partial charge is 0.307 e. The normalized spacial score (nSPS) is 13.0. The first-order valence-corrected chi connectivity index (χ1v) is 14.5. The average molecular weight is 539 g/mol. The van der Waals surface area contributed by atoms with Crippen molar-refractivity contribution in [2.45, 2.75) is 12.8 Å². The Labute approximate surface area is 242 Å². The fourth-order valence-electron chi connectivity index (χ4n) is 6.74. The Bertz CT molecular complexity index is 2340. The minimum atomic E-state index is 0.893. The van der Waals surface area contributed by atoms with Crippen molar-refractivity contribution in [3.8, 4) is 22.8 Å². The van der Waals surface area contributed by atoms with Crippen LogP contribution < -0.4 is 0 Å². The zero-order valence-corrected chi connectivity index (χ0v) is 22.9. The van der Waals surface area contributed by atoms with Gasteiger partial charge in [-0.3, -0.25) is 4.57 Å². The summed E-state index contributed by atoms with van der Waals surface area (Å²) < 4.78 is 4.84. The first-order valence-electron chi connectivity index (χ1n) is 14.5. The summed E-state index contributed by atoms with van der Waals surface area (Å²) in [7, 11) is 0. The third-order valence-corrected chi connectivity index (χ3v) is 8.58. The van der Waals surface area contributed by atoms with Crippen molar-refractivity contribution in [2.75, 3.05) is 0 Å². The third-order valence-electron chi connectivity index (χ3n) is 8.58. The molecule has 4 aromatic carbocycles. The summed E-state index contributed by atoms with van der Waals surface area (Å²) in [4.78, 5) is 10.2. The fraction of sp³-hybridized carbons (Fsp3) is 0.0526. The summed E-state index contributed by atoms with van der Waals surface area (Å²) in [5, 5.41) is 3.76. The molecule has 0 saturated heterocycles. The van der Waals surface area contributed by atoms with Gasteiger partial charge in [0.15, 0.2) is 0 Å². The van der Waals surface area contributed by atoms with Crippen LogP contribution in [0.1, 0.15) is 17.7 Å². The van der Waals surface area contributed by atoms with E-state index in [-0.39, 0.29) is 0 Å². The van der Waals surface area contributed by atoms with Gasteiger partial charge in [0.05, 0.1) is 33.3 Å². The highest BCUT2D eigenvalue weighted by atomic mass is 15.1. The number of nitrogens with zero attached hydrogens (tertiary/aromatic N) is 4. The highest BCUT2D eigenvalue weighted by Gasteiger charge is 2.24. The molecule has 0 unspecified atom stereocenters. The van der Waals surface area contributed by atoms with Crippen LogP contribution in [0.4, 0.5) is 0 Å². The van der Waals surface area contributed by atoms with Crippen LogP contribution in [0, 0.1) is 0 Å². The first-order chi connectivity index (χ1) is 20.8. The quantitative estimate of drug-likeness (QED) is 0.225. The summed E-state index contributed by atoms with van der Waals surface area (Å²) >= 11 is 0. The van der Waals surface area contributed by atoms with E-state index in [1.54, 1.807) is 0 Å². The lowest BCUT2D eigenvalue weighted by Gasteiger charge is -2.15. The smallest absolute Gasteiger partial charge is 0.138 e. The zero-order chi connectivity index (χ0) is 27.6. The maximum absolute atomic E-state index is 5.24. The van der Waals surface area contributed by atoms with Gasteiger partial charge in [-0.15, -0.1) is 0 Å². The van der Waals surface area contributed by atoms with E-state index in [2.05, 4.69) is 124 Å². The Morgan fingerprint density at radius 2 is 1.26 bits per heavy atom. The Morgan fingerprint density at radius 1 is 0.548 bits per heavy atom. The topological polar surface area (TPSA) is 35.6 Å². The molecule has 0 spiro atoms. The molecule has 4 nitrogen and oxygen atoms in total. The van der Waals surface area contributed by atoms with Gasteiger partial charge in [-0.05, 0) is 55.3 Å². The van der Waals surface area contributed by atoms with Crippen molar-refractivity contribution in [2.24, 2.45) is 0 Å². The summed E-state index contributed by atoms with van der Waals surface area (Å²) in [5.41, 5.74) is 11.2. The van der Waals surface area contributed by atoms with Gasteiger partial charge in [0, 0.05) is 38.7 Å². The van der Waals surface area contributed by atoms with Crippen LogP contribution in [0.5, 0.6) is 0 Å².